The van der Waals surface area contributed by atoms with Crippen molar-refractivity contribution in [3.05, 3.63) is 0 Å². The molecule has 0 aromatic heterocycles. The highest BCUT2D eigenvalue weighted by molar-refractivity contribution is 14.0. The summed E-state index contributed by atoms with van der Waals surface area (Å²) in [5.41, 5.74) is 0. The molecule has 1 aliphatic heterocycles. The molecule has 29 heavy (non-hydrogen) atoms. The molecule has 2 N–H and O–H groups in total. The molecule has 0 aromatic rings. The summed E-state index contributed by atoms with van der Waals surface area (Å²) in [6.45, 7) is 5.32. The van der Waals surface area contributed by atoms with E-state index in [0.29, 0.717) is 25.0 Å². The van der Waals surface area contributed by atoms with Gasteiger partial charge in [-0.15, -0.1) is 24.0 Å². The minimum Gasteiger partial charge on any atom is -0.378 e. The van der Waals surface area contributed by atoms with E-state index >= 15 is 0 Å². The third kappa shape index (κ3) is 10.3. The molecular weight excluding hydrogens is 507 g/mol. The predicted octanol–water partition coefficient (Wildman–Crippen LogP) is 1.40. The molecule has 1 unspecified atom stereocenters. The van der Waals surface area contributed by atoms with Gasteiger partial charge in [0.2, 0.25) is 5.91 Å². The van der Waals surface area contributed by atoms with Gasteiger partial charge in [-0.1, -0.05) is 19.3 Å². The number of carbonyl (C=O) groups is 1. The Labute approximate surface area is 192 Å². The van der Waals surface area contributed by atoms with Crippen LogP contribution in [-0.4, -0.2) is 82.6 Å². The first kappa shape index (κ1) is 26.4. The third-order valence-electron chi connectivity index (χ3n) is 5.24. The van der Waals surface area contributed by atoms with E-state index in [0.717, 1.165) is 38.9 Å². The van der Waals surface area contributed by atoms with Gasteiger partial charge >= 0.3 is 0 Å². The first-order chi connectivity index (χ1) is 13.4. The van der Waals surface area contributed by atoms with Gasteiger partial charge in [-0.25, -0.2) is 8.42 Å². The topological polar surface area (TPSA) is 100 Å². The maximum Gasteiger partial charge on any atom is 0.225 e. The molecule has 2 rings (SSSR count). The van der Waals surface area contributed by atoms with Gasteiger partial charge in [-0.05, 0) is 26.2 Å². The molecule has 1 atom stereocenters. The van der Waals surface area contributed by atoms with Crippen molar-refractivity contribution in [1.82, 2.24) is 15.5 Å². The monoisotopic (exact) mass is 544 g/mol. The smallest absolute Gasteiger partial charge is 0.225 e. The fraction of sp³-hybridized carbons (Fsp3) is 0.895. The number of likely N-dealkylation sites (tertiary alicyclic amines) is 1. The van der Waals surface area contributed by atoms with Crippen molar-refractivity contribution >= 4 is 45.7 Å². The number of sulfone groups is 1. The van der Waals surface area contributed by atoms with Gasteiger partial charge in [0.25, 0.3) is 0 Å². The fourth-order valence-electron chi connectivity index (χ4n) is 3.73. The number of aliphatic imine (C=N–C) groups is 1. The van der Waals surface area contributed by atoms with Crippen molar-refractivity contribution in [3.8, 4) is 0 Å². The van der Waals surface area contributed by atoms with Gasteiger partial charge in [0.05, 0.1) is 25.5 Å². The lowest BCUT2D eigenvalue weighted by molar-refractivity contribution is -0.135. The third-order valence-corrected chi connectivity index (χ3v) is 6.15. The van der Waals surface area contributed by atoms with Crippen molar-refractivity contribution in [2.75, 3.05) is 51.4 Å². The fourth-order valence-corrected chi connectivity index (χ4v) is 4.15. The molecule has 0 spiro atoms. The molecule has 0 radical (unpaired) electrons. The average Bonchev–Trinajstić information content (AvgIpc) is 3.12. The van der Waals surface area contributed by atoms with E-state index in [-0.39, 0.29) is 48.3 Å². The van der Waals surface area contributed by atoms with Crippen LogP contribution in [0.5, 0.6) is 0 Å². The molecule has 10 heteroatoms. The number of hydrogen-bond acceptors (Lipinski definition) is 5. The summed E-state index contributed by atoms with van der Waals surface area (Å²) in [6, 6.07) is 0.205. The molecule has 1 saturated carbocycles. The van der Waals surface area contributed by atoms with Gasteiger partial charge in [-0.2, -0.15) is 0 Å². The van der Waals surface area contributed by atoms with Gasteiger partial charge in [0.1, 0.15) is 9.84 Å². The van der Waals surface area contributed by atoms with Crippen molar-refractivity contribution in [2.24, 2.45) is 10.9 Å². The van der Waals surface area contributed by atoms with Crippen LogP contribution < -0.4 is 10.6 Å². The lowest BCUT2D eigenvalue weighted by Gasteiger charge is -2.26. The van der Waals surface area contributed by atoms with Crippen LogP contribution in [0, 0.1) is 5.92 Å². The molecule has 1 saturated heterocycles. The van der Waals surface area contributed by atoms with Gasteiger partial charge in [0.15, 0.2) is 5.96 Å². The Morgan fingerprint density at radius 2 is 1.90 bits per heavy atom. The summed E-state index contributed by atoms with van der Waals surface area (Å²) in [5.74, 6) is 1.29. The summed E-state index contributed by atoms with van der Waals surface area (Å²) in [5, 5.41) is 6.63. The van der Waals surface area contributed by atoms with E-state index in [1.54, 1.807) is 0 Å². The number of carbonyl (C=O) groups excluding carboxylic acids is 1. The molecule has 0 aromatic carbocycles. The maximum atomic E-state index is 12.7. The lowest BCUT2D eigenvalue weighted by Crippen LogP contribution is -2.45. The largest absolute Gasteiger partial charge is 0.378 e. The molecule has 0 bridgehead atoms. The van der Waals surface area contributed by atoms with Gasteiger partial charge in [-0.3, -0.25) is 9.79 Å². The summed E-state index contributed by atoms with van der Waals surface area (Å²) in [4.78, 5) is 19.2. The van der Waals surface area contributed by atoms with E-state index in [4.69, 9.17) is 4.74 Å². The number of hydrogen-bond donors (Lipinski definition) is 2. The quantitative estimate of drug-likeness (QED) is 0.197. The molecule has 1 amide bonds. The Morgan fingerprint density at radius 1 is 1.17 bits per heavy atom. The molecule has 2 aliphatic rings. The van der Waals surface area contributed by atoms with Crippen LogP contribution in [0.15, 0.2) is 4.99 Å². The Balaban J connectivity index is 0.00000420. The molecular formula is C19H37IN4O4S. The summed E-state index contributed by atoms with van der Waals surface area (Å²) >= 11 is 0. The molecule has 2 fully saturated rings. The summed E-state index contributed by atoms with van der Waals surface area (Å²) < 4.78 is 27.5. The zero-order valence-electron chi connectivity index (χ0n) is 17.7. The number of amides is 1. The Morgan fingerprint density at radius 3 is 2.55 bits per heavy atom. The number of ether oxygens (including phenoxy) is 1. The van der Waals surface area contributed by atoms with Crippen LogP contribution in [0.2, 0.25) is 0 Å². The first-order valence-corrected chi connectivity index (χ1v) is 12.5. The highest BCUT2D eigenvalue weighted by atomic mass is 127. The highest BCUT2D eigenvalue weighted by Crippen LogP contribution is 2.26. The maximum absolute atomic E-state index is 12.7. The van der Waals surface area contributed by atoms with Crippen LogP contribution in [0.1, 0.15) is 45.4 Å². The van der Waals surface area contributed by atoms with Gasteiger partial charge < -0.3 is 20.3 Å². The van der Waals surface area contributed by atoms with E-state index in [1.165, 1.54) is 25.5 Å². The number of halogens is 1. The standard InChI is InChI=1S/C19H36N4O4S.HI/c1-3-20-19(21-10-12-27-13-14-28(2,25)26)22-17-9-11-23(15-17)18(24)16-7-5-4-6-8-16;/h16-17H,3-15H2,1-2H3,(H2,20,21,22);1H. The van der Waals surface area contributed by atoms with Crippen LogP contribution in [0.3, 0.4) is 0 Å². The average molecular weight is 545 g/mol. The Kier molecular flexibility index (Phi) is 12.4. The second-order valence-corrected chi connectivity index (χ2v) is 10.0. The first-order valence-electron chi connectivity index (χ1n) is 10.5. The number of rotatable bonds is 9. The molecule has 8 nitrogen and oxygen atoms in total. The lowest BCUT2D eigenvalue weighted by atomic mass is 9.88. The van der Waals surface area contributed by atoms with Crippen molar-refractivity contribution < 1.29 is 17.9 Å². The van der Waals surface area contributed by atoms with E-state index in [2.05, 4.69) is 15.6 Å². The molecule has 1 aliphatic carbocycles. The minimum atomic E-state index is -2.99. The van der Waals surface area contributed by atoms with E-state index in [9.17, 15) is 13.2 Å². The second-order valence-electron chi connectivity index (χ2n) is 7.75. The van der Waals surface area contributed by atoms with Crippen LogP contribution in [0.25, 0.3) is 0 Å². The van der Waals surface area contributed by atoms with E-state index in [1.807, 2.05) is 11.8 Å². The number of nitrogens with zero attached hydrogens (tertiary/aromatic N) is 2. The Hall–Kier alpha value is -0.620. The van der Waals surface area contributed by atoms with Crippen molar-refractivity contribution in [3.63, 3.8) is 0 Å². The highest BCUT2D eigenvalue weighted by Gasteiger charge is 2.31. The predicted molar refractivity (Wildman–Crippen MR) is 127 cm³/mol. The number of guanidine groups is 1. The molecule has 170 valence electrons. The molecule has 1 heterocycles. The number of nitrogens with one attached hydrogen (secondary N) is 2. The Bertz CT molecular complexity index is 624. The van der Waals surface area contributed by atoms with Crippen LogP contribution in [0.4, 0.5) is 0 Å². The van der Waals surface area contributed by atoms with Crippen molar-refractivity contribution in [1.29, 1.82) is 0 Å². The van der Waals surface area contributed by atoms with Crippen molar-refractivity contribution in [2.45, 2.75) is 51.5 Å². The SMILES string of the molecule is CCNC(=NCCOCCS(C)(=O)=O)NC1CCN(C(=O)C2CCCCC2)C1.I. The second kappa shape index (κ2) is 13.6. The zero-order valence-corrected chi connectivity index (χ0v) is 20.8. The zero-order chi connectivity index (χ0) is 20.4. The van der Waals surface area contributed by atoms with Crippen LogP contribution in [-0.2, 0) is 19.4 Å². The minimum absolute atomic E-state index is 0. The summed E-state index contributed by atoms with van der Waals surface area (Å²) in [7, 11) is -2.99. The van der Waals surface area contributed by atoms with E-state index < -0.39 is 9.84 Å². The van der Waals surface area contributed by atoms with Crippen LogP contribution >= 0.6 is 24.0 Å². The normalized spacial score (nSPS) is 21.0. The van der Waals surface area contributed by atoms with Gasteiger partial charge in [0, 0.05) is 37.8 Å². The summed E-state index contributed by atoms with van der Waals surface area (Å²) in [6.07, 6.45) is 7.81.